The standard InChI is InChI=1S/C11H15ClN4O/c12-10-9(7-14-16-11(10)17)15-13-6-8-4-2-1-3-5-8/h6-8H,1-5H2,(H2,15,16,17)/b13-6-. The van der Waals surface area contributed by atoms with Crippen molar-refractivity contribution in [3.8, 4) is 0 Å². The maximum Gasteiger partial charge on any atom is 0.285 e. The Hall–Kier alpha value is -1.36. The van der Waals surface area contributed by atoms with Crippen molar-refractivity contribution >= 4 is 23.5 Å². The first-order chi connectivity index (χ1) is 8.27. The lowest BCUT2D eigenvalue weighted by atomic mass is 9.90. The number of halogens is 1. The number of hydrogen-bond acceptors (Lipinski definition) is 4. The molecule has 0 atom stereocenters. The predicted molar refractivity (Wildman–Crippen MR) is 68.6 cm³/mol. The third kappa shape index (κ3) is 3.30. The van der Waals surface area contributed by atoms with Gasteiger partial charge in [0.2, 0.25) is 0 Å². The van der Waals surface area contributed by atoms with Gasteiger partial charge in [0.05, 0.1) is 6.20 Å². The molecule has 17 heavy (non-hydrogen) atoms. The van der Waals surface area contributed by atoms with Crippen LogP contribution in [-0.2, 0) is 0 Å². The molecule has 1 aromatic heterocycles. The molecule has 0 bridgehead atoms. The van der Waals surface area contributed by atoms with Gasteiger partial charge in [-0.05, 0) is 18.8 Å². The van der Waals surface area contributed by atoms with E-state index in [0.29, 0.717) is 11.6 Å². The summed E-state index contributed by atoms with van der Waals surface area (Å²) in [7, 11) is 0. The van der Waals surface area contributed by atoms with Crippen molar-refractivity contribution in [1.82, 2.24) is 10.2 Å². The van der Waals surface area contributed by atoms with Crippen LogP contribution in [0.3, 0.4) is 0 Å². The fraction of sp³-hybridized carbons (Fsp3) is 0.545. The largest absolute Gasteiger partial charge is 0.285 e. The minimum Gasteiger partial charge on any atom is -0.275 e. The Kier molecular flexibility index (Phi) is 4.14. The van der Waals surface area contributed by atoms with E-state index in [1.807, 2.05) is 6.21 Å². The molecule has 0 radical (unpaired) electrons. The van der Waals surface area contributed by atoms with Crippen LogP contribution in [0.2, 0.25) is 5.02 Å². The average molecular weight is 255 g/mol. The Balaban J connectivity index is 1.94. The molecule has 1 fully saturated rings. The van der Waals surface area contributed by atoms with Crippen molar-refractivity contribution in [3.05, 3.63) is 21.6 Å². The van der Waals surface area contributed by atoms with Gasteiger partial charge >= 0.3 is 0 Å². The van der Waals surface area contributed by atoms with Crippen LogP contribution in [-0.4, -0.2) is 16.4 Å². The molecule has 2 N–H and O–H groups in total. The summed E-state index contributed by atoms with van der Waals surface area (Å²) in [4.78, 5) is 11.2. The van der Waals surface area contributed by atoms with Crippen molar-refractivity contribution in [2.45, 2.75) is 32.1 Å². The highest BCUT2D eigenvalue weighted by atomic mass is 35.5. The van der Waals surface area contributed by atoms with Crippen molar-refractivity contribution in [2.24, 2.45) is 11.0 Å². The highest BCUT2D eigenvalue weighted by molar-refractivity contribution is 6.32. The van der Waals surface area contributed by atoms with Gasteiger partial charge in [0, 0.05) is 6.21 Å². The first kappa shape index (κ1) is 12.1. The van der Waals surface area contributed by atoms with Gasteiger partial charge in [0.25, 0.3) is 5.56 Å². The number of nitrogens with one attached hydrogen (secondary N) is 2. The van der Waals surface area contributed by atoms with E-state index in [1.165, 1.54) is 38.3 Å². The quantitative estimate of drug-likeness (QED) is 0.643. The fourth-order valence-corrected chi connectivity index (χ4v) is 2.09. The maximum absolute atomic E-state index is 11.2. The van der Waals surface area contributed by atoms with Gasteiger partial charge in [-0.1, -0.05) is 30.9 Å². The van der Waals surface area contributed by atoms with E-state index >= 15 is 0 Å². The number of anilines is 1. The summed E-state index contributed by atoms with van der Waals surface area (Å²) in [5.74, 6) is 0.532. The number of H-pyrrole nitrogens is 1. The van der Waals surface area contributed by atoms with Crippen molar-refractivity contribution < 1.29 is 0 Å². The SMILES string of the molecule is O=c1[nH]ncc(N/N=C\C2CCCCC2)c1Cl. The third-order valence-corrected chi connectivity index (χ3v) is 3.29. The number of nitrogens with zero attached hydrogens (tertiary/aromatic N) is 2. The average Bonchev–Trinajstić information content (AvgIpc) is 2.36. The Bertz CT molecular complexity index is 451. The fourth-order valence-electron chi connectivity index (χ4n) is 1.96. The van der Waals surface area contributed by atoms with Gasteiger partial charge in [0.15, 0.2) is 0 Å². The molecule has 1 aliphatic rings. The Labute approximate surface area is 104 Å². The second-order valence-electron chi connectivity index (χ2n) is 4.21. The molecule has 1 saturated carbocycles. The molecule has 0 amide bonds. The zero-order valence-corrected chi connectivity index (χ0v) is 10.2. The van der Waals surface area contributed by atoms with Crippen molar-refractivity contribution in [1.29, 1.82) is 0 Å². The van der Waals surface area contributed by atoms with Crippen LogP contribution in [0, 0.1) is 5.92 Å². The van der Waals surface area contributed by atoms with E-state index < -0.39 is 5.56 Å². The smallest absolute Gasteiger partial charge is 0.275 e. The number of hydrogen-bond donors (Lipinski definition) is 2. The minimum atomic E-state index is -0.412. The monoisotopic (exact) mass is 254 g/mol. The summed E-state index contributed by atoms with van der Waals surface area (Å²) in [6.45, 7) is 0. The van der Waals surface area contributed by atoms with Crippen LogP contribution >= 0.6 is 11.6 Å². The molecule has 92 valence electrons. The summed E-state index contributed by atoms with van der Waals surface area (Å²) in [5.41, 5.74) is 2.78. The highest BCUT2D eigenvalue weighted by Crippen LogP contribution is 2.22. The summed E-state index contributed by atoms with van der Waals surface area (Å²) in [6, 6.07) is 0. The minimum absolute atomic E-state index is 0.0841. The number of rotatable bonds is 3. The third-order valence-electron chi connectivity index (χ3n) is 2.92. The van der Waals surface area contributed by atoms with Gasteiger partial charge in [-0.3, -0.25) is 10.2 Å². The van der Waals surface area contributed by atoms with Crippen LogP contribution in [0.5, 0.6) is 0 Å². The number of aromatic amines is 1. The lowest BCUT2D eigenvalue weighted by molar-refractivity contribution is 0.445. The van der Waals surface area contributed by atoms with E-state index in [9.17, 15) is 4.79 Å². The molecular formula is C11H15ClN4O. The van der Waals surface area contributed by atoms with E-state index in [-0.39, 0.29) is 5.02 Å². The van der Waals surface area contributed by atoms with Crippen molar-refractivity contribution in [3.63, 3.8) is 0 Å². The normalized spacial score (nSPS) is 17.5. The van der Waals surface area contributed by atoms with Crippen molar-refractivity contribution in [2.75, 3.05) is 5.43 Å². The van der Waals surface area contributed by atoms with Gasteiger partial charge in [-0.15, -0.1) is 0 Å². The molecule has 6 heteroatoms. The first-order valence-corrected chi connectivity index (χ1v) is 6.17. The molecule has 1 aliphatic carbocycles. The molecule has 0 spiro atoms. The number of hydrazone groups is 1. The lowest BCUT2D eigenvalue weighted by Crippen LogP contribution is -2.11. The molecule has 0 saturated heterocycles. The summed E-state index contributed by atoms with van der Waals surface area (Å²) >= 11 is 5.79. The lowest BCUT2D eigenvalue weighted by Gasteiger charge is -2.16. The highest BCUT2D eigenvalue weighted by Gasteiger charge is 2.10. The zero-order valence-electron chi connectivity index (χ0n) is 9.45. The van der Waals surface area contributed by atoms with Gasteiger partial charge in [0.1, 0.15) is 10.7 Å². The molecule has 0 aliphatic heterocycles. The van der Waals surface area contributed by atoms with Gasteiger partial charge in [-0.2, -0.15) is 10.2 Å². The van der Waals surface area contributed by atoms with Crippen LogP contribution in [0.1, 0.15) is 32.1 Å². The topological polar surface area (TPSA) is 70.1 Å². The van der Waals surface area contributed by atoms with E-state index in [1.54, 1.807) is 0 Å². The second-order valence-corrected chi connectivity index (χ2v) is 4.59. The van der Waals surface area contributed by atoms with Crippen LogP contribution in [0.25, 0.3) is 0 Å². The Morgan fingerprint density at radius 3 is 3.00 bits per heavy atom. The predicted octanol–water partition coefficient (Wildman–Crippen LogP) is 2.40. The van der Waals surface area contributed by atoms with Crippen LogP contribution in [0.15, 0.2) is 16.1 Å². The molecule has 2 rings (SSSR count). The molecule has 0 aromatic carbocycles. The van der Waals surface area contributed by atoms with E-state index in [0.717, 1.165) is 0 Å². The zero-order chi connectivity index (χ0) is 12.1. The van der Waals surface area contributed by atoms with Crippen LogP contribution < -0.4 is 11.0 Å². The first-order valence-electron chi connectivity index (χ1n) is 5.80. The van der Waals surface area contributed by atoms with E-state index in [4.69, 9.17) is 11.6 Å². The van der Waals surface area contributed by atoms with Gasteiger partial charge < -0.3 is 0 Å². The van der Waals surface area contributed by atoms with Crippen LogP contribution in [0.4, 0.5) is 5.69 Å². The Morgan fingerprint density at radius 2 is 2.24 bits per heavy atom. The van der Waals surface area contributed by atoms with E-state index in [2.05, 4.69) is 20.7 Å². The number of aromatic nitrogens is 2. The maximum atomic E-state index is 11.2. The molecule has 5 nitrogen and oxygen atoms in total. The molecule has 0 unspecified atom stereocenters. The summed E-state index contributed by atoms with van der Waals surface area (Å²) in [5, 5.41) is 10.1. The molecule has 1 aromatic rings. The summed E-state index contributed by atoms with van der Waals surface area (Å²) < 4.78 is 0. The van der Waals surface area contributed by atoms with Gasteiger partial charge in [-0.25, -0.2) is 5.10 Å². The molecular weight excluding hydrogens is 240 g/mol. The molecule has 1 heterocycles. The Morgan fingerprint density at radius 1 is 1.47 bits per heavy atom. The summed E-state index contributed by atoms with van der Waals surface area (Å²) in [6.07, 6.45) is 9.58. The second kappa shape index (κ2) is 5.82.